The molecule has 3 fully saturated rings. The number of hydrogen-bond acceptors (Lipinski definition) is 2. The van der Waals surface area contributed by atoms with Gasteiger partial charge in [0.05, 0.1) is 0 Å². The zero-order chi connectivity index (χ0) is 15.9. The van der Waals surface area contributed by atoms with Gasteiger partial charge in [0, 0.05) is 23.0 Å². The van der Waals surface area contributed by atoms with Crippen LogP contribution in [0.1, 0.15) is 24.0 Å². The molecular formula is C20H22ClNO. The molecule has 0 aliphatic carbocycles. The predicted molar refractivity (Wildman–Crippen MR) is 93.5 cm³/mol. The Morgan fingerprint density at radius 3 is 2.22 bits per heavy atom. The topological polar surface area (TPSA) is 23.5 Å². The Kier molecular flexibility index (Phi) is 3.92. The molecule has 2 bridgehead atoms. The van der Waals surface area contributed by atoms with Gasteiger partial charge >= 0.3 is 0 Å². The fourth-order valence-electron chi connectivity index (χ4n) is 4.47. The SMILES string of the molecule is OC(c1ccccc1)(c1ccccc1Cl)C1CN2CCC1CC2. The predicted octanol–water partition coefficient (Wildman–Crippen LogP) is 3.92. The molecule has 2 atom stereocenters. The van der Waals surface area contributed by atoms with Crippen molar-refractivity contribution in [3.63, 3.8) is 0 Å². The van der Waals surface area contributed by atoms with E-state index in [1.165, 1.54) is 12.8 Å². The van der Waals surface area contributed by atoms with Crippen LogP contribution in [0.25, 0.3) is 0 Å². The number of hydrogen-bond donors (Lipinski definition) is 1. The normalized spacial score (nSPS) is 29.2. The smallest absolute Gasteiger partial charge is 0.120 e. The first-order valence-corrected chi connectivity index (χ1v) is 8.82. The highest BCUT2D eigenvalue weighted by atomic mass is 35.5. The lowest BCUT2D eigenvalue weighted by atomic mass is 9.65. The summed E-state index contributed by atoms with van der Waals surface area (Å²) in [6, 6.07) is 17.8. The van der Waals surface area contributed by atoms with Crippen molar-refractivity contribution in [3.8, 4) is 0 Å². The summed E-state index contributed by atoms with van der Waals surface area (Å²) in [7, 11) is 0. The third kappa shape index (κ3) is 2.50. The van der Waals surface area contributed by atoms with Crippen molar-refractivity contribution in [3.05, 3.63) is 70.7 Å². The van der Waals surface area contributed by atoms with E-state index in [0.717, 1.165) is 30.8 Å². The van der Waals surface area contributed by atoms with Crippen LogP contribution in [0.3, 0.4) is 0 Å². The summed E-state index contributed by atoms with van der Waals surface area (Å²) in [4.78, 5) is 2.48. The van der Waals surface area contributed by atoms with Crippen molar-refractivity contribution in [2.45, 2.75) is 18.4 Å². The second-order valence-electron chi connectivity index (χ2n) is 6.86. The highest BCUT2D eigenvalue weighted by molar-refractivity contribution is 6.31. The second kappa shape index (κ2) is 5.94. The maximum atomic E-state index is 12.0. The maximum Gasteiger partial charge on any atom is 0.120 e. The Morgan fingerprint density at radius 1 is 0.957 bits per heavy atom. The van der Waals surface area contributed by atoms with E-state index in [0.29, 0.717) is 10.9 Å². The molecule has 0 radical (unpaired) electrons. The molecule has 120 valence electrons. The molecule has 2 aromatic rings. The van der Waals surface area contributed by atoms with Crippen LogP contribution >= 0.6 is 11.6 Å². The van der Waals surface area contributed by atoms with Gasteiger partial charge in [0.2, 0.25) is 0 Å². The lowest BCUT2D eigenvalue weighted by Crippen LogP contribution is -2.55. The number of fused-ring (bicyclic) bond motifs is 3. The number of piperidine rings is 3. The Balaban J connectivity index is 1.86. The zero-order valence-corrected chi connectivity index (χ0v) is 13.9. The maximum absolute atomic E-state index is 12.0. The largest absolute Gasteiger partial charge is 0.380 e. The summed E-state index contributed by atoms with van der Waals surface area (Å²) in [6.45, 7) is 3.27. The molecule has 3 heterocycles. The van der Waals surface area contributed by atoms with Crippen LogP contribution in [0, 0.1) is 11.8 Å². The van der Waals surface area contributed by atoms with Crippen LogP contribution in [0.5, 0.6) is 0 Å². The molecule has 3 saturated heterocycles. The number of benzene rings is 2. The van der Waals surface area contributed by atoms with Crippen molar-refractivity contribution in [1.29, 1.82) is 0 Å². The molecule has 3 aliphatic rings. The lowest BCUT2D eigenvalue weighted by Gasteiger charge is -2.51. The van der Waals surface area contributed by atoms with Crippen LogP contribution < -0.4 is 0 Å². The summed E-state index contributed by atoms with van der Waals surface area (Å²) in [5, 5.41) is 12.6. The Morgan fingerprint density at radius 2 is 1.61 bits per heavy atom. The van der Waals surface area contributed by atoms with Gasteiger partial charge in [0.15, 0.2) is 0 Å². The quantitative estimate of drug-likeness (QED) is 0.923. The number of halogens is 1. The van der Waals surface area contributed by atoms with Crippen LogP contribution in [0.15, 0.2) is 54.6 Å². The van der Waals surface area contributed by atoms with Crippen LogP contribution in [-0.4, -0.2) is 29.6 Å². The van der Waals surface area contributed by atoms with Gasteiger partial charge in [-0.15, -0.1) is 0 Å². The van der Waals surface area contributed by atoms with E-state index in [4.69, 9.17) is 11.6 Å². The third-order valence-corrected chi connectivity index (χ3v) is 6.02. The van der Waals surface area contributed by atoms with E-state index in [-0.39, 0.29) is 5.92 Å². The van der Waals surface area contributed by atoms with Gasteiger partial charge in [0.1, 0.15) is 5.60 Å². The molecule has 23 heavy (non-hydrogen) atoms. The molecule has 2 nitrogen and oxygen atoms in total. The minimum Gasteiger partial charge on any atom is -0.380 e. The van der Waals surface area contributed by atoms with Crippen molar-refractivity contribution in [1.82, 2.24) is 4.90 Å². The monoisotopic (exact) mass is 327 g/mol. The Bertz CT molecular complexity index is 681. The van der Waals surface area contributed by atoms with E-state index >= 15 is 0 Å². The van der Waals surface area contributed by atoms with Gasteiger partial charge < -0.3 is 10.0 Å². The summed E-state index contributed by atoms with van der Waals surface area (Å²) in [5.74, 6) is 0.744. The number of rotatable bonds is 3. The third-order valence-electron chi connectivity index (χ3n) is 5.69. The number of nitrogens with zero attached hydrogens (tertiary/aromatic N) is 1. The van der Waals surface area contributed by atoms with Gasteiger partial charge in [-0.05, 0) is 43.5 Å². The van der Waals surface area contributed by atoms with E-state index < -0.39 is 5.60 Å². The Hall–Kier alpha value is -1.35. The zero-order valence-electron chi connectivity index (χ0n) is 13.2. The van der Waals surface area contributed by atoms with Gasteiger partial charge in [-0.3, -0.25) is 0 Å². The van der Waals surface area contributed by atoms with Crippen molar-refractivity contribution in [2.24, 2.45) is 11.8 Å². The highest BCUT2D eigenvalue weighted by Gasteiger charge is 2.49. The number of aliphatic hydroxyl groups is 1. The molecule has 0 spiro atoms. The Labute approximate surface area is 142 Å². The van der Waals surface area contributed by atoms with Crippen molar-refractivity contribution < 1.29 is 5.11 Å². The molecule has 1 N–H and O–H groups in total. The average molecular weight is 328 g/mol. The van der Waals surface area contributed by atoms with E-state index in [9.17, 15) is 5.11 Å². The van der Waals surface area contributed by atoms with Crippen molar-refractivity contribution in [2.75, 3.05) is 19.6 Å². The average Bonchev–Trinajstić information content (AvgIpc) is 2.63. The molecule has 0 saturated carbocycles. The van der Waals surface area contributed by atoms with Gasteiger partial charge in [-0.1, -0.05) is 60.1 Å². The van der Waals surface area contributed by atoms with E-state index in [2.05, 4.69) is 4.90 Å². The molecular weight excluding hydrogens is 306 g/mol. The van der Waals surface area contributed by atoms with Crippen molar-refractivity contribution >= 4 is 11.6 Å². The molecule has 2 unspecified atom stereocenters. The van der Waals surface area contributed by atoms with E-state index in [1.807, 2.05) is 54.6 Å². The van der Waals surface area contributed by atoms with E-state index in [1.54, 1.807) is 0 Å². The molecule has 0 amide bonds. The lowest BCUT2D eigenvalue weighted by molar-refractivity contribution is -0.0763. The molecule has 2 aromatic carbocycles. The summed E-state index contributed by atoms with van der Waals surface area (Å²) >= 11 is 6.51. The fraction of sp³-hybridized carbons (Fsp3) is 0.400. The first kappa shape index (κ1) is 15.2. The first-order valence-electron chi connectivity index (χ1n) is 8.45. The highest BCUT2D eigenvalue weighted by Crippen LogP contribution is 2.48. The molecule has 3 aliphatic heterocycles. The van der Waals surface area contributed by atoms with Gasteiger partial charge in [-0.25, -0.2) is 0 Å². The standard InChI is InChI=1S/C20H22ClNO/c21-19-9-5-4-8-17(19)20(23,16-6-2-1-3-7-16)18-14-22-12-10-15(18)11-13-22/h1-9,15,18,23H,10-14H2. The molecule has 3 heteroatoms. The first-order chi connectivity index (χ1) is 11.2. The second-order valence-corrected chi connectivity index (χ2v) is 7.26. The summed E-state index contributed by atoms with van der Waals surface area (Å²) < 4.78 is 0. The van der Waals surface area contributed by atoms with Crippen LogP contribution in [0.2, 0.25) is 5.02 Å². The summed E-state index contributed by atoms with van der Waals surface area (Å²) in [6.07, 6.45) is 2.34. The fourth-order valence-corrected chi connectivity index (χ4v) is 4.75. The van der Waals surface area contributed by atoms with Crippen LogP contribution in [-0.2, 0) is 5.60 Å². The minimum absolute atomic E-state index is 0.187. The summed E-state index contributed by atoms with van der Waals surface area (Å²) in [5.41, 5.74) is 0.766. The van der Waals surface area contributed by atoms with Gasteiger partial charge in [0.25, 0.3) is 0 Å². The van der Waals surface area contributed by atoms with Crippen LogP contribution in [0.4, 0.5) is 0 Å². The molecule has 0 aromatic heterocycles. The van der Waals surface area contributed by atoms with Gasteiger partial charge in [-0.2, -0.15) is 0 Å². The molecule has 5 rings (SSSR count). The minimum atomic E-state index is -1.02.